The number of fused-ring (bicyclic) bond motifs is 5. The molecule has 1 aliphatic heterocycles. The summed E-state index contributed by atoms with van der Waals surface area (Å²) in [5.41, 5.74) is 2.67. The third-order valence-corrected chi connectivity index (χ3v) is 5.81. The van der Waals surface area contributed by atoms with Crippen molar-refractivity contribution >= 4 is 28.4 Å². The van der Waals surface area contributed by atoms with Crippen molar-refractivity contribution in [2.45, 2.75) is 18.8 Å². The topological polar surface area (TPSA) is 51.1 Å². The second-order valence-corrected chi connectivity index (χ2v) is 7.84. The maximum absolute atomic E-state index is 13.8. The van der Waals surface area contributed by atoms with Crippen molar-refractivity contribution in [2.24, 2.45) is 0 Å². The molecule has 4 aromatic rings. The van der Waals surface area contributed by atoms with Crippen LogP contribution in [0.25, 0.3) is 22.2 Å². The highest BCUT2D eigenvalue weighted by Crippen LogP contribution is 2.44. The summed E-state index contributed by atoms with van der Waals surface area (Å²) in [5.74, 6) is -0.782. The molecule has 1 aliphatic rings. The van der Waals surface area contributed by atoms with Gasteiger partial charge in [-0.05, 0) is 48.9 Å². The fourth-order valence-electron chi connectivity index (χ4n) is 4.37. The molecule has 5 rings (SSSR count). The molecule has 0 aliphatic carbocycles. The molecule has 0 saturated heterocycles. The number of hydrogen-bond acceptors (Lipinski definition) is 2. The number of nitrogens with zero attached hydrogens (tertiary/aromatic N) is 1. The summed E-state index contributed by atoms with van der Waals surface area (Å²) in [5, 5.41) is 3.54. The van der Waals surface area contributed by atoms with Gasteiger partial charge in [-0.15, -0.1) is 0 Å². The number of halogens is 1. The first kappa shape index (κ1) is 18.3. The fraction of sp³-hybridized carbons (Fsp3) is 0.120. The summed E-state index contributed by atoms with van der Waals surface area (Å²) in [6, 6.07) is 23.0. The molecule has 30 heavy (non-hydrogen) atoms. The minimum absolute atomic E-state index is 0.00194. The Kier molecular flexibility index (Phi) is 4.07. The monoisotopic (exact) mass is 398 g/mol. The first-order valence-electron chi connectivity index (χ1n) is 9.78. The Morgan fingerprint density at radius 2 is 1.73 bits per heavy atom. The van der Waals surface area contributed by atoms with Gasteiger partial charge in [-0.3, -0.25) is 14.2 Å². The zero-order chi connectivity index (χ0) is 20.9. The molecule has 1 N–H and O–H groups in total. The van der Waals surface area contributed by atoms with E-state index in [2.05, 4.69) is 5.32 Å². The molecular weight excluding hydrogens is 379 g/mol. The first-order valence-corrected chi connectivity index (χ1v) is 9.78. The molecule has 1 atom stereocenters. The molecule has 1 amide bonds. The Morgan fingerprint density at radius 3 is 2.53 bits per heavy atom. The van der Waals surface area contributed by atoms with Crippen LogP contribution in [0.5, 0.6) is 0 Å². The van der Waals surface area contributed by atoms with Crippen molar-refractivity contribution < 1.29 is 14.0 Å². The van der Waals surface area contributed by atoms with Crippen molar-refractivity contribution in [1.29, 1.82) is 0 Å². The van der Waals surface area contributed by atoms with Crippen LogP contribution in [0, 0.1) is 5.82 Å². The third kappa shape index (κ3) is 2.74. The second-order valence-electron chi connectivity index (χ2n) is 7.84. The minimum Gasteiger partial charge on any atom is -0.326 e. The van der Waals surface area contributed by atoms with Gasteiger partial charge in [0, 0.05) is 23.1 Å². The molecule has 1 aromatic heterocycles. The molecule has 1 unspecified atom stereocenters. The lowest BCUT2D eigenvalue weighted by Crippen LogP contribution is -2.43. The highest BCUT2D eigenvalue weighted by atomic mass is 19.1. The van der Waals surface area contributed by atoms with E-state index in [-0.39, 0.29) is 24.1 Å². The van der Waals surface area contributed by atoms with Crippen LogP contribution in [0.3, 0.4) is 0 Å². The van der Waals surface area contributed by atoms with Crippen LogP contribution in [-0.2, 0) is 10.2 Å². The Bertz CT molecular complexity index is 1310. The van der Waals surface area contributed by atoms with Crippen molar-refractivity contribution in [1.82, 2.24) is 4.57 Å². The molecule has 3 aromatic carbocycles. The molecule has 0 saturated carbocycles. The van der Waals surface area contributed by atoms with E-state index in [1.54, 1.807) is 17.6 Å². The van der Waals surface area contributed by atoms with Gasteiger partial charge in [0.05, 0.1) is 16.6 Å². The number of benzene rings is 3. The summed E-state index contributed by atoms with van der Waals surface area (Å²) < 4.78 is 15.4. The smallest absolute Gasteiger partial charge is 0.242 e. The lowest BCUT2D eigenvalue weighted by atomic mass is 9.73. The molecule has 148 valence electrons. The minimum atomic E-state index is -1.05. The fourth-order valence-corrected chi connectivity index (χ4v) is 4.37. The highest BCUT2D eigenvalue weighted by Gasteiger charge is 2.44. The normalized spacial score (nSPS) is 17.5. The van der Waals surface area contributed by atoms with Gasteiger partial charge in [0.25, 0.3) is 0 Å². The molecule has 2 heterocycles. The van der Waals surface area contributed by atoms with E-state index in [1.807, 2.05) is 60.7 Å². The SMILES string of the molecule is CC1(CC(=O)Nc2ccccc2)C(=O)n2c(cc3cc(F)ccc32)-c2ccccc21. The third-order valence-electron chi connectivity index (χ3n) is 5.81. The van der Waals surface area contributed by atoms with Gasteiger partial charge < -0.3 is 5.32 Å². The van der Waals surface area contributed by atoms with Crippen molar-refractivity contribution in [3.63, 3.8) is 0 Å². The van der Waals surface area contributed by atoms with Gasteiger partial charge >= 0.3 is 0 Å². The maximum Gasteiger partial charge on any atom is 0.242 e. The number of aromatic nitrogens is 1. The number of nitrogens with one attached hydrogen (secondary N) is 1. The molecule has 0 fully saturated rings. The highest BCUT2D eigenvalue weighted by molar-refractivity contribution is 6.09. The van der Waals surface area contributed by atoms with Crippen molar-refractivity contribution in [3.8, 4) is 11.3 Å². The van der Waals surface area contributed by atoms with Crippen molar-refractivity contribution in [2.75, 3.05) is 5.32 Å². The Morgan fingerprint density at radius 1 is 1.00 bits per heavy atom. The van der Waals surface area contributed by atoms with Crippen LogP contribution in [0.4, 0.5) is 10.1 Å². The summed E-state index contributed by atoms with van der Waals surface area (Å²) in [4.78, 5) is 26.6. The van der Waals surface area contributed by atoms with Crippen LogP contribution in [0.15, 0.2) is 78.9 Å². The zero-order valence-corrected chi connectivity index (χ0v) is 16.4. The lowest BCUT2D eigenvalue weighted by Gasteiger charge is -2.35. The quantitative estimate of drug-likeness (QED) is 0.503. The second kappa shape index (κ2) is 6.66. The van der Waals surface area contributed by atoms with Crippen LogP contribution < -0.4 is 5.32 Å². The number of para-hydroxylation sites is 1. The van der Waals surface area contributed by atoms with E-state index >= 15 is 0 Å². The van der Waals surface area contributed by atoms with Gasteiger partial charge in [0.2, 0.25) is 11.8 Å². The van der Waals surface area contributed by atoms with Gasteiger partial charge in [-0.2, -0.15) is 0 Å². The number of anilines is 1. The van der Waals surface area contributed by atoms with E-state index < -0.39 is 5.41 Å². The lowest BCUT2D eigenvalue weighted by molar-refractivity contribution is -0.117. The van der Waals surface area contributed by atoms with Crippen LogP contribution in [0.1, 0.15) is 23.7 Å². The predicted octanol–water partition coefficient (Wildman–Crippen LogP) is 5.39. The molecular formula is C25H19FN2O2. The summed E-state index contributed by atoms with van der Waals surface area (Å²) in [6.07, 6.45) is -0.00194. The van der Waals surface area contributed by atoms with Crippen LogP contribution in [0.2, 0.25) is 0 Å². The Hall–Kier alpha value is -3.73. The van der Waals surface area contributed by atoms with Crippen molar-refractivity contribution in [3.05, 3.63) is 90.2 Å². The van der Waals surface area contributed by atoms with Gasteiger partial charge in [0.1, 0.15) is 5.82 Å². The Labute approximate surface area is 173 Å². The zero-order valence-electron chi connectivity index (χ0n) is 16.4. The van der Waals surface area contributed by atoms with E-state index in [1.165, 1.54) is 12.1 Å². The molecule has 0 radical (unpaired) electrons. The van der Waals surface area contributed by atoms with E-state index in [0.717, 1.165) is 16.8 Å². The average molecular weight is 398 g/mol. The number of hydrogen-bond donors (Lipinski definition) is 1. The average Bonchev–Trinajstić information content (AvgIpc) is 3.11. The number of carbonyl (C=O) groups is 2. The van der Waals surface area contributed by atoms with E-state index in [4.69, 9.17) is 0 Å². The number of carbonyl (C=O) groups excluding carboxylic acids is 2. The largest absolute Gasteiger partial charge is 0.326 e. The summed E-state index contributed by atoms with van der Waals surface area (Å²) in [6.45, 7) is 1.80. The van der Waals surface area contributed by atoms with Gasteiger partial charge in [-0.25, -0.2) is 4.39 Å². The first-order chi connectivity index (χ1) is 14.5. The number of amides is 1. The predicted molar refractivity (Wildman–Crippen MR) is 115 cm³/mol. The number of rotatable bonds is 3. The summed E-state index contributed by atoms with van der Waals surface area (Å²) >= 11 is 0. The van der Waals surface area contributed by atoms with Crippen LogP contribution >= 0.6 is 0 Å². The summed E-state index contributed by atoms with van der Waals surface area (Å²) in [7, 11) is 0. The van der Waals surface area contributed by atoms with Gasteiger partial charge in [-0.1, -0.05) is 42.5 Å². The Balaban J connectivity index is 1.62. The molecule has 0 spiro atoms. The van der Waals surface area contributed by atoms with E-state index in [0.29, 0.717) is 16.6 Å². The van der Waals surface area contributed by atoms with Crippen LogP contribution in [-0.4, -0.2) is 16.4 Å². The van der Waals surface area contributed by atoms with Gasteiger partial charge in [0.15, 0.2) is 0 Å². The molecule has 0 bridgehead atoms. The van der Waals surface area contributed by atoms with E-state index in [9.17, 15) is 14.0 Å². The molecule has 4 nitrogen and oxygen atoms in total. The maximum atomic E-state index is 13.8. The molecule has 5 heteroatoms. The standard InChI is InChI=1S/C25H19FN2O2/c1-25(15-23(29)27-18-7-3-2-4-8-18)20-10-6-5-9-19(20)22-14-16-13-17(26)11-12-21(16)28(22)24(25)30/h2-14H,15H2,1H3,(H,27,29).